The van der Waals surface area contributed by atoms with Crippen molar-refractivity contribution in [3.8, 4) is 0 Å². The van der Waals surface area contributed by atoms with Crippen LogP contribution in [0.4, 0.5) is 0 Å². The molecule has 162 valence electrons. The van der Waals surface area contributed by atoms with Gasteiger partial charge in [0.2, 0.25) is 10.0 Å². The van der Waals surface area contributed by atoms with E-state index in [4.69, 9.17) is 4.42 Å². The summed E-state index contributed by atoms with van der Waals surface area (Å²) in [6.07, 6.45) is 2.22. The SMILES string of the molecule is CCc1oc2ccccc2c1CN(C)C(=O)c1cc(S(=O)(=O)N(CC)CC)cn1C. The number of furan rings is 1. The lowest BCUT2D eigenvalue weighted by Crippen LogP contribution is -2.30. The maximum absolute atomic E-state index is 13.1. The Morgan fingerprint density at radius 2 is 1.80 bits per heavy atom. The smallest absolute Gasteiger partial charge is 0.270 e. The molecule has 0 radical (unpaired) electrons. The van der Waals surface area contributed by atoms with E-state index in [2.05, 4.69) is 0 Å². The second kappa shape index (κ2) is 8.65. The van der Waals surface area contributed by atoms with Gasteiger partial charge in [-0.05, 0) is 12.1 Å². The van der Waals surface area contributed by atoms with Crippen molar-refractivity contribution < 1.29 is 17.6 Å². The van der Waals surface area contributed by atoms with Crippen LogP contribution >= 0.6 is 0 Å². The molecule has 3 rings (SSSR count). The summed E-state index contributed by atoms with van der Waals surface area (Å²) in [5.74, 6) is 0.610. The molecule has 7 nitrogen and oxygen atoms in total. The number of aromatic nitrogens is 1. The zero-order valence-electron chi connectivity index (χ0n) is 18.2. The number of benzene rings is 1. The van der Waals surface area contributed by atoms with Crippen molar-refractivity contribution in [1.29, 1.82) is 0 Å². The third-order valence-electron chi connectivity index (χ3n) is 5.39. The van der Waals surface area contributed by atoms with Gasteiger partial charge in [-0.2, -0.15) is 4.31 Å². The number of carbonyl (C=O) groups excluding carboxylic acids is 1. The van der Waals surface area contributed by atoms with Crippen LogP contribution in [0, 0.1) is 0 Å². The lowest BCUT2D eigenvalue weighted by Gasteiger charge is -2.18. The van der Waals surface area contributed by atoms with Gasteiger partial charge < -0.3 is 13.9 Å². The largest absolute Gasteiger partial charge is 0.461 e. The summed E-state index contributed by atoms with van der Waals surface area (Å²) < 4.78 is 34.5. The van der Waals surface area contributed by atoms with Gasteiger partial charge in [0.15, 0.2) is 0 Å². The van der Waals surface area contributed by atoms with Crippen molar-refractivity contribution in [2.24, 2.45) is 7.05 Å². The summed E-state index contributed by atoms with van der Waals surface area (Å²) >= 11 is 0. The minimum atomic E-state index is -3.62. The second-order valence-corrected chi connectivity index (χ2v) is 9.21. The van der Waals surface area contributed by atoms with E-state index in [1.54, 1.807) is 37.4 Å². The van der Waals surface area contributed by atoms with Gasteiger partial charge in [-0.25, -0.2) is 8.42 Å². The number of nitrogens with zero attached hydrogens (tertiary/aromatic N) is 3. The van der Waals surface area contributed by atoms with E-state index < -0.39 is 10.0 Å². The third kappa shape index (κ3) is 3.89. The van der Waals surface area contributed by atoms with Crippen LogP contribution < -0.4 is 0 Å². The van der Waals surface area contributed by atoms with Crippen molar-refractivity contribution in [2.45, 2.75) is 38.6 Å². The number of carbonyl (C=O) groups is 1. The summed E-state index contributed by atoms with van der Waals surface area (Å²) in [4.78, 5) is 14.9. The molecule has 30 heavy (non-hydrogen) atoms. The van der Waals surface area contributed by atoms with Crippen LogP contribution in [0.5, 0.6) is 0 Å². The number of amides is 1. The maximum Gasteiger partial charge on any atom is 0.270 e. The highest BCUT2D eigenvalue weighted by atomic mass is 32.2. The molecule has 0 saturated carbocycles. The quantitative estimate of drug-likeness (QED) is 0.546. The molecule has 0 saturated heterocycles. The van der Waals surface area contributed by atoms with E-state index in [-0.39, 0.29) is 10.8 Å². The highest BCUT2D eigenvalue weighted by Gasteiger charge is 2.27. The lowest BCUT2D eigenvalue weighted by atomic mass is 10.1. The molecule has 0 N–H and O–H groups in total. The fraction of sp³-hybridized carbons (Fsp3) is 0.409. The van der Waals surface area contributed by atoms with Gasteiger partial charge in [0.1, 0.15) is 21.9 Å². The highest BCUT2D eigenvalue weighted by molar-refractivity contribution is 7.89. The van der Waals surface area contributed by atoms with E-state index in [9.17, 15) is 13.2 Å². The van der Waals surface area contributed by atoms with Crippen LogP contribution in [0.1, 0.15) is 42.6 Å². The Balaban J connectivity index is 1.90. The number of sulfonamides is 1. The Morgan fingerprint density at radius 1 is 1.13 bits per heavy atom. The van der Waals surface area contributed by atoms with Crippen molar-refractivity contribution in [3.05, 3.63) is 53.5 Å². The van der Waals surface area contributed by atoms with Crippen LogP contribution in [0.25, 0.3) is 11.0 Å². The predicted molar refractivity (Wildman–Crippen MR) is 117 cm³/mol. The van der Waals surface area contributed by atoms with Crippen molar-refractivity contribution in [2.75, 3.05) is 20.1 Å². The van der Waals surface area contributed by atoms with E-state index in [0.717, 1.165) is 28.7 Å². The Morgan fingerprint density at radius 3 is 2.43 bits per heavy atom. The molecule has 3 aromatic rings. The Kier molecular flexibility index (Phi) is 6.38. The number of fused-ring (bicyclic) bond motifs is 1. The first-order chi connectivity index (χ1) is 14.2. The Bertz CT molecular complexity index is 1160. The number of hydrogen-bond donors (Lipinski definition) is 0. The van der Waals surface area contributed by atoms with Gasteiger partial charge in [-0.3, -0.25) is 4.79 Å². The number of rotatable bonds is 8. The van der Waals surface area contributed by atoms with Gasteiger partial charge in [0.05, 0.1) is 0 Å². The topological polar surface area (TPSA) is 75.8 Å². The molecule has 0 bridgehead atoms. The maximum atomic E-state index is 13.1. The molecule has 0 aliphatic rings. The minimum Gasteiger partial charge on any atom is -0.461 e. The fourth-order valence-electron chi connectivity index (χ4n) is 3.71. The molecule has 0 aliphatic carbocycles. The molecule has 0 fully saturated rings. The average Bonchev–Trinajstić information content (AvgIpc) is 3.29. The second-order valence-electron chi connectivity index (χ2n) is 7.28. The number of aryl methyl sites for hydroxylation is 2. The molecule has 1 amide bonds. The van der Waals surface area contributed by atoms with E-state index >= 15 is 0 Å². The monoisotopic (exact) mass is 431 g/mol. The molecule has 0 atom stereocenters. The third-order valence-corrected chi connectivity index (χ3v) is 7.40. The van der Waals surface area contributed by atoms with Gasteiger partial charge in [0, 0.05) is 57.3 Å². The molecular formula is C22H29N3O4S. The summed E-state index contributed by atoms with van der Waals surface area (Å²) in [6.45, 7) is 6.75. The molecule has 0 spiro atoms. The van der Waals surface area contributed by atoms with Gasteiger partial charge in [-0.15, -0.1) is 0 Å². The van der Waals surface area contributed by atoms with Crippen LogP contribution in [-0.2, 0) is 30.0 Å². The molecule has 2 aromatic heterocycles. The van der Waals surface area contributed by atoms with Crippen LogP contribution in [0.3, 0.4) is 0 Å². The first kappa shape index (κ1) is 22.1. The zero-order chi connectivity index (χ0) is 22.1. The number of hydrogen-bond acceptors (Lipinski definition) is 4. The standard InChI is InChI=1S/C22H29N3O4S/c1-6-20-18(17-11-9-10-12-21(17)29-20)15-24(5)22(26)19-13-16(14-23(19)4)30(27,28)25(7-2)8-3/h9-14H,6-8,15H2,1-5H3. The Hall–Kier alpha value is -2.58. The molecule has 0 unspecified atom stereocenters. The van der Waals surface area contributed by atoms with Crippen LogP contribution in [0.2, 0.25) is 0 Å². The fourth-order valence-corrected chi connectivity index (χ4v) is 5.24. The minimum absolute atomic E-state index is 0.133. The average molecular weight is 432 g/mol. The van der Waals surface area contributed by atoms with Gasteiger partial charge in [0.25, 0.3) is 5.91 Å². The van der Waals surface area contributed by atoms with Crippen molar-refractivity contribution in [1.82, 2.24) is 13.8 Å². The van der Waals surface area contributed by atoms with Gasteiger partial charge in [-0.1, -0.05) is 39.0 Å². The summed E-state index contributed by atoms with van der Waals surface area (Å²) in [5, 5.41) is 0.991. The van der Waals surface area contributed by atoms with E-state index in [0.29, 0.717) is 25.3 Å². The Labute approximate surface area is 177 Å². The highest BCUT2D eigenvalue weighted by Crippen LogP contribution is 2.28. The van der Waals surface area contributed by atoms with Crippen molar-refractivity contribution in [3.63, 3.8) is 0 Å². The van der Waals surface area contributed by atoms with Crippen LogP contribution in [-0.4, -0.2) is 48.2 Å². The lowest BCUT2D eigenvalue weighted by molar-refractivity contribution is 0.0775. The van der Waals surface area contributed by atoms with E-state index in [1.807, 2.05) is 31.2 Å². The van der Waals surface area contributed by atoms with Crippen LogP contribution in [0.15, 0.2) is 45.8 Å². The first-order valence-corrected chi connectivity index (χ1v) is 11.6. The molecule has 2 heterocycles. The summed E-state index contributed by atoms with van der Waals surface area (Å²) in [7, 11) is -0.220. The number of para-hydroxylation sites is 1. The van der Waals surface area contributed by atoms with Crippen molar-refractivity contribution >= 4 is 26.9 Å². The molecular weight excluding hydrogens is 402 g/mol. The van der Waals surface area contributed by atoms with Gasteiger partial charge >= 0.3 is 0 Å². The predicted octanol–water partition coefficient (Wildman–Crippen LogP) is 3.64. The molecule has 0 aliphatic heterocycles. The first-order valence-electron chi connectivity index (χ1n) is 10.2. The summed E-state index contributed by atoms with van der Waals surface area (Å²) in [6, 6.07) is 9.24. The zero-order valence-corrected chi connectivity index (χ0v) is 19.0. The molecule has 1 aromatic carbocycles. The van der Waals surface area contributed by atoms with E-state index in [1.165, 1.54) is 16.6 Å². The summed E-state index contributed by atoms with van der Waals surface area (Å²) in [5.41, 5.74) is 2.11. The normalized spacial score (nSPS) is 12.1. The molecule has 8 heteroatoms.